The molecule has 33 heavy (non-hydrogen) atoms. The van der Waals surface area contributed by atoms with Gasteiger partial charge >= 0.3 is 0 Å². The molecule has 160 valence electrons. The van der Waals surface area contributed by atoms with Gasteiger partial charge in [-0.1, -0.05) is 29.8 Å². The van der Waals surface area contributed by atoms with Crippen molar-refractivity contribution in [3.8, 4) is 16.9 Å². The molecule has 0 saturated heterocycles. The normalized spacial score (nSPS) is 14.2. The molecule has 0 amide bonds. The van der Waals surface area contributed by atoms with E-state index in [2.05, 4.69) is 11.1 Å². The van der Waals surface area contributed by atoms with Crippen LogP contribution >= 0.6 is 11.6 Å². The summed E-state index contributed by atoms with van der Waals surface area (Å²) in [7, 11) is 0. The van der Waals surface area contributed by atoms with Gasteiger partial charge in [-0.2, -0.15) is 5.10 Å². The number of allylic oxidation sites excluding steroid dienone is 1. The zero-order valence-corrected chi connectivity index (χ0v) is 18.3. The number of rotatable bonds is 3. The van der Waals surface area contributed by atoms with Crippen molar-refractivity contribution < 1.29 is 0 Å². The van der Waals surface area contributed by atoms with Gasteiger partial charge in [-0.3, -0.25) is 14.3 Å². The Morgan fingerprint density at radius 1 is 1.03 bits per heavy atom. The molecule has 0 radical (unpaired) electrons. The van der Waals surface area contributed by atoms with E-state index in [0.29, 0.717) is 28.3 Å². The van der Waals surface area contributed by atoms with E-state index in [-0.39, 0.29) is 5.56 Å². The molecule has 0 atom stereocenters. The second-order valence-electron chi connectivity index (χ2n) is 7.93. The monoisotopic (exact) mass is 451 g/mol. The summed E-state index contributed by atoms with van der Waals surface area (Å²) in [5.41, 5.74) is 5.22. The fourth-order valence-electron chi connectivity index (χ4n) is 4.25. The number of para-hydroxylation sites is 1. The first-order valence-corrected chi connectivity index (χ1v) is 11.0. The average Bonchev–Trinajstić information content (AvgIpc) is 3.45. The van der Waals surface area contributed by atoms with Crippen LogP contribution in [0.15, 0.2) is 84.0 Å². The molecule has 2 aromatic carbocycles. The molecule has 4 heterocycles. The Kier molecular flexibility index (Phi) is 4.66. The number of nitrogens with zero attached hydrogens (tertiary/aromatic N) is 5. The van der Waals surface area contributed by atoms with Gasteiger partial charge in [0.2, 0.25) is 0 Å². The summed E-state index contributed by atoms with van der Waals surface area (Å²) < 4.78 is 3.61. The predicted molar refractivity (Wildman–Crippen MR) is 130 cm³/mol. The van der Waals surface area contributed by atoms with Crippen molar-refractivity contribution in [1.82, 2.24) is 24.3 Å². The Labute approximate surface area is 194 Å². The first-order valence-electron chi connectivity index (χ1n) is 10.6. The van der Waals surface area contributed by atoms with E-state index in [1.54, 1.807) is 35.2 Å². The lowest BCUT2D eigenvalue weighted by Gasteiger charge is -2.06. The van der Waals surface area contributed by atoms with Crippen LogP contribution in [0.4, 0.5) is 0 Å². The number of benzene rings is 2. The van der Waals surface area contributed by atoms with E-state index < -0.39 is 0 Å². The average molecular weight is 452 g/mol. The highest BCUT2D eigenvalue weighted by Gasteiger charge is 2.22. The van der Waals surface area contributed by atoms with E-state index in [0.717, 1.165) is 34.5 Å². The molecule has 1 aliphatic heterocycles. The summed E-state index contributed by atoms with van der Waals surface area (Å²) in [5, 5.41) is 6.00. The maximum absolute atomic E-state index is 13.0. The van der Waals surface area contributed by atoms with Crippen LogP contribution in [0.2, 0.25) is 5.02 Å². The predicted octanol–water partition coefficient (Wildman–Crippen LogP) is 5.24. The third-order valence-electron chi connectivity index (χ3n) is 5.84. The Hall–Kier alpha value is -4.03. The molecule has 0 spiro atoms. The van der Waals surface area contributed by atoms with Crippen LogP contribution in [0.5, 0.6) is 0 Å². The molecule has 0 saturated carbocycles. The number of fused-ring (bicyclic) bond motifs is 2. The van der Waals surface area contributed by atoms with Crippen LogP contribution in [0.25, 0.3) is 39.5 Å². The Balaban J connectivity index is 1.53. The summed E-state index contributed by atoms with van der Waals surface area (Å²) in [5.74, 6) is 0.680. The largest absolute Gasteiger partial charge is 0.292 e. The molecule has 0 fully saturated rings. The van der Waals surface area contributed by atoms with Gasteiger partial charge in [0.1, 0.15) is 11.5 Å². The van der Waals surface area contributed by atoms with Crippen molar-refractivity contribution in [3.05, 3.63) is 106 Å². The van der Waals surface area contributed by atoms with E-state index in [4.69, 9.17) is 21.7 Å². The third kappa shape index (κ3) is 3.45. The minimum Gasteiger partial charge on any atom is -0.292 e. The molecular weight excluding hydrogens is 434 g/mol. The summed E-state index contributed by atoms with van der Waals surface area (Å²) in [6, 6.07) is 19.1. The minimum absolute atomic E-state index is 0.0393. The fraction of sp³-hybridized carbons (Fsp3) is 0.0769. The van der Waals surface area contributed by atoms with Gasteiger partial charge in [-0.25, -0.2) is 9.67 Å². The molecule has 7 heteroatoms. The van der Waals surface area contributed by atoms with Crippen LogP contribution in [0.1, 0.15) is 17.8 Å². The lowest BCUT2D eigenvalue weighted by molar-refractivity contribution is 0.725. The van der Waals surface area contributed by atoms with Crippen LogP contribution in [0, 0.1) is 0 Å². The molecule has 5 aromatic rings. The fourth-order valence-corrected chi connectivity index (χ4v) is 4.41. The maximum atomic E-state index is 13.0. The molecule has 0 aliphatic carbocycles. The van der Waals surface area contributed by atoms with Crippen LogP contribution in [-0.2, 0) is 6.54 Å². The molecule has 0 unspecified atom stereocenters. The van der Waals surface area contributed by atoms with Crippen LogP contribution in [0.3, 0.4) is 0 Å². The highest BCUT2D eigenvalue weighted by molar-refractivity contribution is 6.31. The van der Waals surface area contributed by atoms with Gasteiger partial charge in [0.25, 0.3) is 5.56 Å². The van der Waals surface area contributed by atoms with E-state index in [1.807, 2.05) is 53.3 Å². The molecule has 6 nitrogen and oxygen atoms in total. The Morgan fingerprint density at radius 3 is 2.73 bits per heavy atom. The standard InChI is InChI=1S/C26H18ClN5O/c27-20-8-9-22-23(14-20)29-25-17(10-12-31(25)26(22)33)13-19-16-32(21-6-2-1-3-7-21)30-24(19)18-5-4-11-28-15-18/h1-9,11,13-16H,10,12H2/b17-13+. The van der Waals surface area contributed by atoms with Crippen molar-refractivity contribution >= 4 is 34.2 Å². The molecule has 0 bridgehead atoms. The van der Waals surface area contributed by atoms with Crippen molar-refractivity contribution in [1.29, 1.82) is 0 Å². The third-order valence-corrected chi connectivity index (χ3v) is 6.07. The van der Waals surface area contributed by atoms with Crippen molar-refractivity contribution in [3.63, 3.8) is 0 Å². The topological polar surface area (TPSA) is 65.6 Å². The lowest BCUT2D eigenvalue weighted by atomic mass is 10.1. The van der Waals surface area contributed by atoms with Crippen molar-refractivity contribution in [2.75, 3.05) is 0 Å². The number of hydrogen-bond donors (Lipinski definition) is 0. The smallest absolute Gasteiger partial charge is 0.261 e. The number of aromatic nitrogens is 5. The lowest BCUT2D eigenvalue weighted by Crippen LogP contribution is -2.20. The van der Waals surface area contributed by atoms with Crippen LogP contribution in [-0.4, -0.2) is 24.3 Å². The summed E-state index contributed by atoms with van der Waals surface area (Å²) in [6.07, 6.45) is 8.35. The SMILES string of the molecule is O=c1c2ccc(Cl)cc2nc2n1CC/C2=C\c1cn(-c2ccccc2)nc1-c1cccnc1. The van der Waals surface area contributed by atoms with Gasteiger partial charge in [-0.05, 0) is 60.5 Å². The van der Waals surface area contributed by atoms with Crippen molar-refractivity contribution in [2.45, 2.75) is 13.0 Å². The van der Waals surface area contributed by atoms with Gasteiger partial charge in [-0.15, -0.1) is 0 Å². The first-order chi connectivity index (χ1) is 16.2. The van der Waals surface area contributed by atoms with Crippen LogP contribution < -0.4 is 5.56 Å². The number of pyridine rings is 1. The maximum Gasteiger partial charge on any atom is 0.261 e. The quantitative estimate of drug-likeness (QED) is 0.376. The zero-order chi connectivity index (χ0) is 22.4. The molecule has 6 rings (SSSR count). The van der Waals surface area contributed by atoms with E-state index in [1.165, 1.54) is 0 Å². The highest BCUT2D eigenvalue weighted by atomic mass is 35.5. The molecular formula is C26H18ClN5O. The minimum atomic E-state index is -0.0393. The van der Waals surface area contributed by atoms with Gasteiger partial charge < -0.3 is 0 Å². The van der Waals surface area contributed by atoms with E-state index in [9.17, 15) is 4.79 Å². The van der Waals surface area contributed by atoms with Gasteiger partial charge in [0.15, 0.2) is 0 Å². The Morgan fingerprint density at radius 2 is 1.91 bits per heavy atom. The van der Waals surface area contributed by atoms with Crippen molar-refractivity contribution in [2.24, 2.45) is 0 Å². The second kappa shape index (κ2) is 7.83. The summed E-state index contributed by atoms with van der Waals surface area (Å²) in [4.78, 5) is 22.1. The van der Waals surface area contributed by atoms with E-state index >= 15 is 0 Å². The molecule has 0 N–H and O–H groups in total. The van der Waals surface area contributed by atoms with Gasteiger partial charge in [0, 0.05) is 41.3 Å². The second-order valence-corrected chi connectivity index (χ2v) is 8.36. The molecule has 1 aliphatic rings. The number of halogens is 1. The number of hydrogen-bond acceptors (Lipinski definition) is 4. The highest BCUT2D eigenvalue weighted by Crippen LogP contribution is 2.31. The Bertz CT molecular complexity index is 1590. The molecule has 3 aromatic heterocycles. The zero-order valence-electron chi connectivity index (χ0n) is 17.5. The summed E-state index contributed by atoms with van der Waals surface area (Å²) >= 11 is 6.16. The summed E-state index contributed by atoms with van der Waals surface area (Å²) in [6.45, 7) is 0.598. The first kappa shape index (κ1) is 19.6. The van der Waals surface area contributed by atoms with Gasteiger partial charge in [0.05, 0.1) is 16.6 Å².